The summed E-state index contributed by atoms with van der Waals surface area (Å²) in [5.74, 6) is 0.755. The first kappa shape index (κ1) is 12.5. The van der Waals surface area contributed by atoms with E-state index in [0.717, 1.165) is 17.8 Å². The van der Waals surface area contributed by atoms with Gasteiger partial charge in [0, 0.05) is 30.5 Å². The van der Waals surface area contributed by atoms with Gasteiger partial charge in [0.25, 0.3) is 0 Å². The first-order valence-corrected chi connectivity index (χ1v) is 6.62. The van der Waals surface area contributed by atoms with E-state index in [2.05, 4.69) is 41.6 Å². The monoisotopic (exact) mass is 279 g/mol. The molecule has 0 radical (unpaired) electrons. The molecule has 1 aliphatic heterocycles. The van der Waals surface area contributed by atoms with Crippen molar-refractivity contribution >= 4 is 27.5 Å². The van der Waals surface area contributed by atoms with E-state index >= 15 is 0 Å². The average Bonchev–Trinajstić information content (AvgIpc) is 2.43. The van der Waals surface area contributed by atoms with Crippen LogP contribution >= 0.6 is 27.5 Å². The van der Waals surface area contributed by atoms with Crippen molar-refractivity contribution in [2.75, 3.05) is 25.0 Å². The van der Waals surface area contributed by atoms with E-state index < -0.39 is 0 Å². The molecule has 1 saturated heterocycles. The summed E-state index contributed by atoms with van der Waals surface area (Å²) < 4.78 is 0. The topological polar surface area (TPSA) is 3.24 Å². The molecule has 0 aliphatic carbocycles. The molecule has 0 bridgehead atoms. The minimum Gasteiger partial charge on any atom is -0.299 e. The molecular weight excluding hydrogens is 261 g/mol. The van der Waals surface area contributed by atoms with Gasteiger partial charge in [-0.1, -0.05) is 41.4 Å². The Morgan fingerprint density at radius 3 is 2.79 bits per heavy atom. The molecule has 2 unspecified atom stereocenters. The predicted molar refractivity (Wildman–Crippen MR) is 67.1 cm³/mol. The van der Waals surface area contributed by atoms with Crippen molar-refractivity contribution in [3.8, 4) is 0 Å². The van der Waals surface area contributed by atoms with Gasteiger partial charge in [-0.2, -0.15) is 0 Å². The molecule has 1 aliphatic rings. The minimum atomic E-state index is 0.423. The zero-order valence-corrected chi connectivity index (χ0v) is 11.5. The SMILES string of the molecule is C/C(=C\Cl)CN1CC(C)C(C)(CBr)C1. The number of rotatable bonds is 3. The van der Waals surface area contributed by atoms with Crippen LogP contribution in [0.3, 0.4) is 0 Å². The fourth-order valence-electron chi connectivity index (χ4n) is 2.02. The van der Waals surface area contributed by atoms with Crippen LogP contribution in [0, 0.1) is 11.3 Å². The average molecular weight is 281 g/mol. The number of alkyl halides is 1. The van der Waals surface area contributed by atoms with Gasteiger partial charge in [0.15, 0.2) is 0 Å². The van der Waals surface area contributed by atoms with Crippen LogP contribution in [0.4, 0.5) is 0 Å². The van der Waals surface area contributed by atoms with Gasteiger partial charge in [-0.15, -0.1) is 0 Å². The molecule has 1 fully saturated rings. The van der Waals surface area contributed by atoms with Crippen molar-refractivity contribution < 1.29 is 0 Å². The first-order chi connectivity index (χ1) is 6.51. The molecule has 0 N–H and O–H groups in total. The highest BCUT2D eigenvalue weighted by molar-refractivity contribution is 9.09. The van der Waals surface area contributed by atoms with Gasteiger partial charge < -0.3 is 0 Å². The Hall–Kier alpha value is 0.470. The van der Waals surface area contributed by atoms with E-state index in [1.165, 1.54) is 18.7 Å². The van der Waals surface area contributed by atoms with Crippen molar-refractivity contribution in [2.24, 2.45) is 11.3 Å². The second-order valence-electron chi connectivity index (χ2n) is 4.81. The van der Waals surface area contributed by atoms with E-state index in [4.69, 9.17) is 11.6 Å². The molecule has 1 heterocycles. The Bertz CT molecular complexity index is 229. The van der Waals surface area contributed by atoms with Crippen LogP contribution in [-0.4, -0.2) is 29.9 Å². The number of nitrogens with zero attached hydrogens (tertiary/aromatic N) is 1. The maximum atomic E-state index is 5.67. The highest BCUT2D eigenvalue weighted by Gasteiger charge is 2.38. The molecule has 3 heteroatoms. The largest absolute Gasteiger partial charge is 0.299 e. The van der Waals surface area contributed by atoms with Gasteiger partial charge in [-0.05, 0) is 23.8 Å². The molecular formula is C11H19BrClN. The zero-order chi connectivity index (χ0) is 10.8. The van der Waals surface area contributed by atoms with Crippen LogP contribution in [0.1, 0.15) is 20.8 Å². The van der Waals surface area contributed by atoms with Crippen molar-refractivity contribution in [2.45, 2.75) is 20.8 Å². The third-order valence-electron chi connectivity index (χ3n) is 3.27. The number of hydrogen-bond acceptors (Lipinski definition) is 1. The van der Waals surface area contributed by atoms with Gasteiger partial charge in [0.1, 0.15) is 0 Å². The number of hydrogen-bond donors (Lipinski definition) is 0. The lowest BCUT2D eigenvalue weighted by Gasteiger charge is -2.25. The standard InChI is InChI=1S/C11H19BrClN/c1-9(4-13)5-14-6-10(2)11(3,7-12)8-14/h4,10H,5-8H2,1-3H3/b9-4+. The quantitative estimate of drug-likeness (QED) is 0.716. The molecule has 2 atom stereocenters. The molecule has 0 aromatic rings. The lowest BCUT2D eigenvalue weighted by Crippen LogP contribution is -2.28. The normalized spacial score (nSPS) is 35.2. The Labute approximate surface area is 101 Å². The molecule has 82 valence electrons. The maximum Gasteiger partial charge on any atom is 0.0202 e. The van der Waals surface area contributed by atoms with Gasteiger partial charge in [0.05, 0.1) is 0 Å². The van der Waals surface area contributed by atoms with Crippen LogP contribution in [-0.2, 0) is 0 Å². The summed E-state index contributed by atoms with van der Waals surface area (Å²) in [6.45, 7) is 10.1. The van der Waals surface area contributed by atoms with Crippen LogP contribution in [0.25, 0.3) is 0 Å². The Kier molecular flexibility index (Phi) is 4.48. The summed E-state index contributed by atoms with van der Waals surface area (Å²) in [7, 11) is 0. The highest BCUT2D eigenvalue weighted by atomic mass is 79.9. The first-order valence-electron chi connectivity index (χ1n) is 5.06. The smallest absolute Gasteiger partial charge is 0.0202 e. The van der Waals surface area contributed by atoms with Gasteiger partial charge in [0.2, 0.25) is 0 Å². The van der Waals surface area contributed by atoms with Crippen molar-refractivity contribution in [3.05, 3.63) is 11.1 Å². The van der Waals surface area contributed by atoms with Crippen LogP contribution in [0.15, 0.2) is 11.1 Å². The van der Waals surface area contributed by atoms with Gasteiger partial charge >= 0.3 is 0 Å². The van der Waals surface area contributed by atoms with E-state index in [0.29, 0.717) is 5.41 Å². The van der Waals surface area contributed by atoms with E-state index in [9.17, 15) is 0 Å². The molecule has 0 spiro atoms. The van der Waals surface area contributed by atoms with Crippen LogP contribution in [0.5, 0.6) is 0 Å². The van der Waals surface area contributed by atoms with Crippen molar-refractivity contribution in [1.29, 1.82) is 0 Å². The lowest BCUT2D eigenvalue weighted by atomic mass is 9.83. The second kappa shape index (κ2) is 5.00. The third kappa shape index (κ3) is 2.74. The summed E-state index contributed by atoms with van der Waals surface area (Å²) in [6, 6.07) is 0. The van der Waals surface area contributed by atoms with E-state index in [-0.39, 0.29) is 0 Å². The molecule has 0 saturated carbocycles. The fourth-order valence-corrected chi connectivity index (χ4v) is 2.82. The van der Waals surface area contributed by atoms with Gasteiger partial charge in [-0.3, -0.25) is 4.90 Å². The van der Waals surface area contributed by atoms with Crippen LogP contribution in [0.2, 0.25) is 0 Å². The predicted octanol–water partition coefficient (Wildman–Crippen LogP) is 3.48. The molecule has 1 nitrogen and oxygen atoms in total. The summed E-state index contributed by atoms with van der Waals surface area (Å²) in [6.07, 6.45) is 0. The second-order valence-corrected chi connectivity index (χ2v) is 5.59. The van der Waals surface area contributed by atoms with Crippen molar-refractivity contribution in [3.63, 3.8) is 0 Å². The Balaban J connectivity index is 2.55. The van der Waals surface area contributed by atoms with Crippen molar-refractivity contribution in [1.82, 2.24) is 4.90 Å². The third-order valence-corrected chi connectivity index (χ3v) is 4.92. The Morgan fingerprint density at radius 2 is 2.36 bits per heavy atom. The molecule has 0 amide bonds. The molecule has 1 rings (SSSR count). The molecule has 0 aromatic carbocycles. The number of halogens is 2. The summed E-state index contributed by atoms with van der Waals surface area (Å²) in [5, 5.41) is 1.08. The van der Waals surface area contributed by atoms with Crippen LogP contribution < -0.4 is 0 Å². The fraction of sp³-hybridized carbons (Fsp3) is 0.818. The minimum absolute atomic E-state index is 0.423. The van der Waals surface area contributed by atoms with E-state index in [1.807, 2.05) is 0 Å². The highest BCUT2D eigenvalue weighted by Crippen LogP contribution is 2.37. The van der Waals surface area contributed by atoms with E-state index in [1.54, 1.807) is 5.54 Å². The van der Waals surface area contributed by atoms with Gasteiger partial charge in [-0.25, -0.2) is 0 Å². The zero-order valence-electron chi connectivity index (χ0n) is 9.19. The summed E-state index contributed by atoms with van der Waals surface area (Å²) >= 11 is 9.29. The summed E-state index contributed by atoms with van der Waals surface area (Å²) in [5.41, 5.74) is 3.36. The maximum absolute atomic E-state index is 5.67. The molecule has 14 heavy (non-hydrogen) atoms. The lowest BCUT2D eigenvalue weighted by molar-refractivity contribution is 0.297. The Morgan fingerprint density at radius 1 is 1.71 bits per heavy atom. The molecule has 0 aromatic heterocycles. The summed E-state index contributed by atoms with van der Waals surface area (Å²) in [4.78, 5) is 2.49. The number of likely N-dealkylation sites (tertiary alicyclic amines) is 1.